The zero-order valence-electron chi connectivity index (χ0n) is 6.45. The summed E-state index contributed by atoms with van der Waals surface area (Å²) in [5.41, 5.74) is 0. The number of hydrogen-bond donors (Lipinski definition) is 0. The predicted octanol–water partition coefficient (Wildman–Crippen LogP) is 0.724. The van der Waals surface area contributed by atoms with E-state index in [0.717, 1.165) is 0 Å². The first-order valence-corrected chi connectivity index (χ1v) is 8.92. The largest absolute Gasteiger partial charge is 0.427 e. The Kier molecular flexibility index (Phi) is 6.38. The third-order valence-electron chi connectivity index (χ3n) is 1.15. The summed E-state index contributed by atoms with van der Waals surface area (Å²) in [5, 5.41) is 0. The molecule has 0 aromatic rings. The Balaban J connectivity index is 3.96. The molecular weight excluding hydrogens is 234 g/mol. The number of carbonyl (C=O) groups excluding carboxylic acids is 1. The number of sulfone groups is 1. The fourth-order valence-corrected chi connectivity index (χ4v) is 4.38. The number of rotatable bonds is 6. The molecule has 7 heteroatoms. The van der Waals surface area contributed by atoms with Crippen LogP contribution in [0.15, 0.2) is 0 Å². The molecule has 0 rings (SSSR count). The summed E-state index contributed by atoms with van der Waals surface area (Å²) < 4.78 is 22.2. The second-order valence-corrected chi connectivity index (χ2v) is 9.88. The van der Waals surface area contributed by atoms with E-state index in [1.807, 2.05) is 0 Å². The standard InChI is InChI=1S/C5H11O3P2S2/c6-2-1-4-12(7,8)5-3-11(9)10/h2,9-10H,1,3-5H2/q-1. The Hall–Kier alpha value is 0.570. The molecule has 0 aliphatic carbocycles. The summed E-state index contributed by atoms with van der Waals surface area (Å²) in [5.74, 6) is 0.623. The van der Waals surface area contributed by atoms with E-state index in [2.05, 4.69) is 16.0 Å². The van der Waals surface area contributed by atoms with E-state index in [9.17, 15) is 13.2 Å². The van der Waals surface area contributed by atoms with E-state index in [1.165, 1.54) is 0 Å². The van der Waals surface area contributed by atoms with E-state index in [1.54, 1.807) is 0 Å². The van der Waals surface area contributed by atoms with E-state index >= 15 is 0 Å². The fraction of sp³-hybridized carbons (Fsp3) is 0.800. The van der Waals surface area contributed by atoms with Gasteiger partial charge in [0.05, 0.1) is 5.75 Å². The zero-order valence-corrected chi connectivity index (χ0v) is 10.1. The predicted molar refractivity (Wildman–Crippen MR) is 58.2 cm³/mol. The molecule has 72 valence electrons. The van der Waals surface area contributed by atoms with Gasteiger partial charge in [0.15, 0.2) is 0 Å². The third kappa shape index (κ3) is 7.23. The summed E-state index contributed by atoms with van der Waals surface area (Å²) in [6.45, 7) is 0. The lowest BCUT2D eigenvalue weighted by Crippen LogP contribution is -2.14. The molecule has 0 spiro atoms. The molecule has 0 aromatic heterocycles. The van der Waals surface area contributed by atoms with Gasteiger partial charge in [-0.1, -0.05) is 0 Å². The van der Waals surface area contributed by atoms with Crippen molar-refractivity contribution in [3.63, 3.8) is 0 Å². The van der Waals surface area contributed by atoms with Gasteiger partial charge in [-0.3, -0.25) is 16.0 Å². The highest BCUT2D eigenvalue weighted by molar-refractivity contribution is 8.29. The van der Waals surface area contributed by atoms with Crippen LogP contribution >= 0.6 is 16.0 Å². The minimum atomic E-state index is -3.03. The first kappa shape index (κ1) is 12.6. The molecule has 0 saturated carbocycles. The maximum absolute atomic E-state index is 11.1. The first-order valence-electron chi connectivity index (χ1n) is 3.25. The van der Waals surface area contributed by atoms with Crippen LogP contribution in [-0.4, -0.2) is 32.0 Å². The summed E-state index contributed by atoms with van der Waals surface area (Å²) in [6, 6.07) is 0. The molecule has 0 fully saturated rings. The van der Waals surface area contributed by atoms with Crippen molar-refractivity contribution in [1.29, 1.82) is 0 Å². The second kappa shape index (κ2) is 6.09. The Bertz CT molecular complexity index is 297. The molecule has 0 bridgehead atoms. The van der Waals surface area contributed by atoms with E-state index in [4.69, 9.17) is 0 Å². The molecule has 0 heterocycles. The Morgan fingerprint density at radius 1 is 1.25 bits per heavy atom. The highest BCUT2D eigenvalue weighted by atomic mass is 32.7. The second-order valence-electron chi connectivity index (χ2n) is 2.20. The summed E-state index contributed by atoms with van der Waals surface area (Å²) in [4.78, 5) is 9.91. The van der Waals surface area contributed by atoms with Crippen LogP contribution in [0.2, 0.25) is 0 Å². The van der Waals surface area contributed by atoms with Gasteiger partial charge in [0, 0.05) is 12.2 Å². The van der Waals surface area contributed by atoms with Crippen molar-refractivity contribution < 1.29 is 13.2 Å². The van der Waals surface area contributed by atoms with Crippen LogP contribution in [-0.2, 0) is 23.9 Å². The average Bonchev–Trinajstić information content (AvgIpc) is 1.98. The van der Waals surface area contributed by atoms with Crippen molar-refractivity contribution in [3.05, 3.63) is 0 Å². The van der Waals surface area contributed by atoms with Crippen LogP contribution in [0.1, 0.15) is 6.42 Å². The summed E-state index contributed by atoms with van der Waals surface area (Å²) in [7, 11) is 3.25. The molecule has 0 N–H and O–H groups in total. The minimum Gasteiger partial charge on any atom is -0.427 e. The summed E-state index contributed by atoms with van der Waals surface area (Å²) >= 11 is 0. The SMILES string of the molecule is O=CCCS(=O)(=O)CC[S-](=P)=P. The first-order chi connectivity index (χ1) is 5.48. The van der Waals surface area contributed by atoms with Crippen molar-refractivity contribution in [1.82, 2.24) is 0 Å². The monoisotopic (exact) mass is 245 g/mol. The molecule has 0 atom stereocenters. The van der Waals surface area contributed by atoms with Crippen LogP contribution in [0.3, 0.4) is 0 Å². The van der Waals surface area contributed by atoms with E-state index < -0.39 is 9.84 Å². The lowest BCUT2D eigenvalue weighted by atomic mass is 10.6. The Labute approximate surface area is 78.5 Å². The maximum atomic E-state index is 11.1. The lowest BCUT2D eigenvalue weighted by molar-refractivity contribution is -0.107. The van der Waals surface area contributed by atoms with Crippen molar-refractivity contribution in [3.8, 4) is 0 Å². The molecule has 0 unspecified atom stereocenters. The normalized spacial score (nSPS) is 11.8. The Morgan fingerprint density at radius 3 is 2.25 bits per heavy atom. The minimum absolute atomic E-state index is 0.0356. The van der Waals surface area contributed by atoms with Crippen molar-refractivity contribution in [2.75, 3.05) is 17.3 Å². The topological polar surface area (TPSA) is 51.2 Å². The third-order valence-corrected chi connectivity index (χ3v) is 4.92. The van der Waals surface area contributed by atoms with E-state index in [-0.39, 0.29) is 27.2 Å². The van der Waals surface area contributed by atoms with Gasteiger partial charge in [-0.15, -0.1) is 5.75 Å². The van der Waals surface area contributed by atoms with Gasteiger partial charge in [0.1, 0.15) is 16.1 Å². The molecular formula is C5H11O3P2S2-. The fourth-order valence-electron chi connectivity index (χ4n) is 0.540. The number of carbonyl (C=O) groups is 1. The molecule has 0 aliphatic rings. The van der Waals surface area contributed by atoms with Gasteiger partial charge in [0.2, 0.25) is 0 Å². The van der Waals surface area contributed by atoms with Crippen LogP contribution < -0.4 is 0 Å². The highest BCUT2D eigenvalue weighted by Crippen LogP contribution is 1.95. The maximum Gasteiger partial charge on any atom is 0.148 e. The van der Waals surface area contributed by atoms with Crippen LogP contribution in [0.5, 0.6) is 0 Å². The highest BCUT2D eigenvalue weighted by Gasteiger charge is 2.06. The van der Waals surface area contributed by atoms with E-state index in [0.29, 0.717) is 12.0 Å². The molecule has 0 radical (unpaired) electrons. The Morgan fingerprint density at radius 2 is 1.83 bits per heavy atom. The van der Waals surface area contributed by atoms with Gasteiger partial charge in [-0.25, -0.2) is 8.42 Å². The molecule has 12 heavy (non-hydrogen) atoms. The van der Waals surface area contributed by atoms with Crippen molar-refractivity contribution >= 4 is 41.4 Å². The van der Waals surface area contributed by atoms with Crippen molar-refractivity contribution in [2.45, 2.75) is 6.42 Å². The van der Waals surface area contributed by atoms with Crippen LogP contribution in [0, 0.1) is 0 Å². The van der Waals surface area contributed by atoms with Crippen LogP contribution in [0.4, 0.5) is 0 Å². The summed E-state index contributed by atoms with van der Waals surface area (Å²) in [6.07, 6.45) is 0.720. The van der Waals surface area contributed by atoms with Gasteiger partial charge < -0.3 is 14.0 Å². The number of aldehydes is 1. The van der Waals surface area contributed by atoms with Crippen LogP contribution in [0.25, 0.3) is 0 Å². The van der Waals surface area contributed by atoms with Gasteiger partial charge in [0.25, 0.3) is 0 Å². The molecule has 0 aromatic carbocycles. The van der Waals surface area contributed by atoms with Gasteiger partial charge >= 0.3 is 0 Å². The van der Waals surface area contributed by atoms with Crippen molar-refractivity contribution in [2.24, 2.45) is 0 Å². The average molecular weight is 245 g/mol. The lowest BCUT2D eigenvalue weighted by Gasteiger charge is -2.04. The molecule has 3 nitrogen and oxygen atoms in total. The quantitative estimate of drug-likeness (QED) is 0.393. The molecule has 0 amide bonds. The zero-order chi connectivity index (χ0) is 9.61. The number of hydrogen-bond acceptors (Lipinski definition) is 4. The van der Waals surface area contributed by atoms with Gasteiger partial charge in [-0.05, 0) is 0 Å². The smallest absolute Gasteiger partial charge is 0.148 e. The molecule has 0 aliphatic heterocycles. The van der Waals surface area contributed by atoms with Gasteiger partial charge in [-0.2, -0.15) is 0 Å². The molecule has 0 saturated heterocycles.